The van der Waals surface area contributed by atoms with Crippen molar-refractivity contribution in [2.75, 3.05) is 23.8 Å². The Labute approximate surface area is 129 Å². The molecule has 0 unspecified atom stereocenters. The first-order valence-corrected chi connectivity index (χ1v) is 8.20. The zero-order valence-corrected chi connectivity index (χ0v) is 12.6. The second-order valence-corrected chi connectivity index (χ2v) is 6.28. The van der Waals surface area contributed by atoms with Crippen molar-refractivity contribution in [1.29, 1.82) is 0 Å². The maximum Gasteiger partial charge on any atom is 0.254 e. The normalized spacial score (nSPS) is 18.5. The third-order valence-electron chi connectivity index (χ3n) is 3.71. The van der Waals surface area contributed by atoms with Crippen LogP contribution >= 0.6 is 11.8 Å². The predicted octanol–water partition coefficient (Wildman–Crippen LogP) is 3.20. The van der Waals surface area contributed by atoms with Crippen LogP contribution in [0, 0.1) is 0 Å². The number of rotatable bonds is 2. The van der Waals surface area contributed by atoms with Gasteiger partial charge in [-0.2, -0.15) is 11.8 Å². The molecular formula is C17H18N2OS. The van der Waals surface area contributed by atoms with Gasteiger partial charge in [-0.15, -0.1) is 0 Å². The van der Waals surface area contributed by atoms with Crippen LogP contribution < -0.4 is 5.73 Å². The summed E-state index contributed by atoms with van der Waals surface area (Å²) in [6, 6.07) is 17.6. The Bertz CT molecular complexity index is 630. The number of carbonyl (C=O) groups excluding carboxylic acids is 1. The molecule has 0 radical (unpaired) electrons. The number of hydrogen-bond acceptors (Lipinski definition) is 3. The zero-order chi connectivity index (χ0) is 14.7. The zero-order valence-electron chi connectivity index (χ0n) is 11.7. The number of amides is 1. The highest BCUT2D eigenvalue weighted by Crippen LogP contribution is 2.30. The summed E-state index contributed by atoms with van der Waals surface area (Å²) < 4.78 is 0. The van der Waals surface area contributed by atoms with E-state index in [1.165, 1.54) is 5.56 Å². The molecule has 21 heavy (non-hydrogen) atoms. The third-order valence-corrected chi connectivity index (χ3v) is 4.73. The highest BCUT2D eigenvalue weighted by atomic mass is 32.2. The lowest BCUT2D eigenvalue weighted by Crippen LogP contribution is -2.40. The second kappa shape index (κ2) is 6.22. The van der Waals surface area contributed by atoms with E-state index in [1.807, 2.05) is 47.0 Å². The van der Waals surface area contributed by atoms with Crippen molar-refractivity contribution in [2.24, 2.45) is 0 Å². The number of benzene rings is 2. The first-order chi connectivity index (χ1) is 10.3. The van der Waals surface area contributed by atoms with E-state index >= 15 is 0 Å². The molecule has 0 saturated carbocycles. The predicted molar refractivity (Wildman–Crippen MR) is 88.4 cm³/mol. The third kappa shape index (κ3) is 3.05. The van der Waals surface area contributed by atoms with E-state index in [1.54, 1.807) is 12.1 Å². The van der Waals surface area contributed by atoms with Crippen LogP contribution in [0.1, 0.15) is 22.0 Å². The van der Waals surface area contributed by atoms with Crippen LogP contribution in [0.4, 0.5) is 5.69 Å². The molecule has 2 aromatic carbocycles. The van der Waals surface area contributed by atoms with Gasteiger partial charge in [0.2, 0.25) is 0 Å². The van der Waals surface area contributed by atoms with Gasteiger partial charge in [-0.3, -0.25) is 4.79 Å². The van der Waals surface area contributed by atoms with Crippen molar-refractivity contribution in [3.8, 4) is 0 Å². The molecule has 1 atom stereocenters. The number of nitrogen functional groups attached to an aromatic ring is 1. The number of nitrogens with zero attached hydrogens (tertiary/aromatic N) is 1. The molecule has 0 bridgehead atoms. The highest BCUT2D eigenvalue weighted by Gasteiger charge is 2.28. The Morgan fingerprint density at radius 3 is 2.71 bits per heavy atom. The van der Waals surface area contributed by atoms with Gasteiger partial charge in [0.05, 0.1) is 6.04 Å². The standard InChI is InChI=1S/C17H18N2OS/c18-15-8-4-7-14(11-15)17(20)19-9-10-21-12-16(19)13-5-2-1-3-6-13/h1-8,11,16H,9-10,12,18H2/t16-/m0/s1. The minimum Gasteiger partial charge on any atom is -0.399 e. The highest BCUT2D eigenvalue weighted by molar-refractivity contribution is 7.99. The van der Waals surface area contributed by atoms with E-state index in [4.69, 9.17) is 5.73 Å². The maximum absolute atomic E-state index is 12.8. The van der Waals surface area contributed by atoms with Crippen molar-refractivity contribution >= 4 is 23.4 Å². The Kier molecular flexibility index (Phi) is 4.15. The SMILES string of the molecule is Nc1cccc(C(=O)N2CCSC[C@H]2c2ccccc2)c1. The molecule has 2 aromatic rings. The van der Waals surface area contributed by atoms with Gasteiger partial charge in [-0.1, -0.05) is 36.4 Å². The molecule has 4 heteroatoms. The van der Waals surface area contributed by atoms with Crippen molar-refractivity contribution in [1.82, 2.24) is 4.90 Å². The molecule has 1 fully saturated rings. The van der Waals surface area contributed by atoms with Crippen LogP contribution in [-0.4, -0.2) is 28.9 Å². The second-order valence-electron chi connectivity index (χ2n) is 5.13. The molecule has 2 N–H and O–H groups in total. The van der Waals surface area contributed by atoms with E-state index in [2.05, 4.69) is 12.1 Å². The Morgan fingerprint density at radius 2 is 1.95 bits per heavy atom. The van der Waals surface area contributed by atoms with Crippen LogP contribution in [0.2, 0.25) is 0 Å². The van der Waals surface area contributed by atoms with Crippen molar-refractivity contribution in [2.45, 2.75) is 6.04 Å². The summed E-state index contributed by atoms with van der Waals surface area (Å²) >= 11 is 1.90. The summed E-state index contributed by atoms with van der Waals surface area (Å²) in [6.45, 7) is 0.776. The Hall–Kier alpha value is -1.94. The molecule has 1 aliphatic heterocycles. The van der Waals surface area contributed by atoms with Crippen molar-refractivity contribution in [3.05, 3.63) is 65.7 Å². The van der Waals surface area contributed by atoms with Gasteiger partial charge < -0.3 is 10.6 Å². The molecule has 1 aliphatic rings. The molecule has 0 spiro atoms. The summed E-state index contributed by atoms with van der Waals surface area (Å²) in [5.74, 6) is 1.99. The Balaban J connectivity index is 1.89. The minimum absolute atomic E-state index is 0.0662. The van der Waals surface area contributed by atoms with Gasteiger partial charge in [-0.25, -0.2) is 0 Å². The average molecular weight is 298 g/mol. The minimum atomic E-state index is 0.0662. The maximum atomic E-state index is 12.8. The van der Waals surface area contributed by atoms with E-state index < -0.39 is 0 Å². The van der Waals surface area contributed by atoms with Crippen LogP contribution in [-0.2, 0) is 0 Å². The van der Waals surface area contributed by atoms with E-state index in [9.17, 15) is 4.79 Å². The molecule has 1 amide bonds. The van der Waals surface area contributed by atoms with Gasteiger partial charge in [-0.05, 0) is 23.8 Å². The van der Waals surface area contributed by atoms with Crippen LogP contribution in [0.5, 0.6) is 0 Å². The number of carbonyl (C=O) groups is 1. The fourth-order valence-electron chi connectivity index (χ4n) is 2.64. The van der Waals surface area contributed by atoms with Gasteiger partial charge in [0.25, 0.3) is 5.91 Å². The molecule has 3 nitrogen and oxygen atoms in total. The lowest BCUT2D eigenvalue weighted by atomic mass is 10.0. The molecule has 1 saturated heterocycles. The quantitative estimate of drug-likeness (QED) is 0.866. The van der Waals surface area contributed by atoms with Crippen LogP contribution in [0.25, 0.3) is 0 Å². The lowest BCUT2D eigenvalue weighted by Gasteiger charge is -2.36. The van der Waals surface area contributed by atoms with E-state index in [-0.39, 0.29) is 11.9 Å². The topological polar surface area (TPSA) is 46.3 Å². The average Bonchev–Trinajstić information content (AvgIpc) is 2.55. The van der Waals surface area contributed by atoms with Crippen molar-refractivity contribution < 1.29 is 4.79 Å². The first kappa shape index (κ1) is 14.0. The summed E-state index contributed by atoms with van der Waals surface area (Å²) in [6.07, 6.45) is 0. The molecule has 3 rings (SSSR count). The largest absolute Gasteiger partial charge is 0.399 e. The molecule has 1 heterocycles. The lowest BCUT2D eigenvalue weighted by molar-refractivity contribution is 0.0701. The number of hydrogen-bond donors (Lipinski definition) is 1. The monoisotopic (exact) mass is 298 g/mol. The molecule has 0 aliphatic carbocycles. The van der Waals surface area contributed by atoms with Gasteiger partial charge >= 0.3 is 0 Å². The summed E-state index contributed by atoms with van der Waals surface area (Å²) in [7, 11) is 0. The van der Waals surface area contributed by atoms with Crippen LogP contribution in [0.3, 0.4) is 0 Å². The fourth-order valence-corrected chi connectivity index (χ4v) is 3.72. The van der Waals surface area contributed by atoms with Crippen LogP contribution in [0.15, 0.2) is 54.6 Å². The summed E-state index contributed by atoms with van der Waals surface area (Å²) in [5, 5.41) is 0. The van der Waals surface area contributed by atoms with E-state index in [0.717, 1.165) is 18.1 Å². The summed E-state index contributed by atoms with van der Waals surface area (Å²) in [5.41, 5.74) is 8.29. The molecule has 108 valence electrons. The smallest absolute Gasteiger partial charge is 0.254 e. The van der Waals surface area contributed by atoms with Crippen molar-refractivity contribution in [3.63, 3.8) is 0 Å². The van der Waals surface area contributed by atoms with Gasteiger partial charge in [0.15, 0.2) is 0 Å². The van der Waals surface area contributed by atoms with Gasteiger partial charge in [0.1, 0.15) is 0 Å². The number of anilines is 1. The first-order valence-electron chi connectivity index (χ1n) is 7.05. The van der Waals surface area contributed by atoms with Gasteiger partial charge in [0, 0.05) is 29.3 Å². The number of nitrogens with two attached hydrogens (primary N) is 1. The van der Waals surface area contributed by atoms with E-state index in [0.29, 0.717) is 11.3 Å². The molecular weight excluding hydrogens is 280 g/mol. The summed E-state index contributed by atoms with van der Waals surface area (Å²) in [4.78, 5) is 14.8. The molecule has 0 aromatic heterocycles. The fraction of sp³-hybridized carbons (Fsp3) is 0.235. The number of thioether (sulfide) groups is 1. The Morgan fingerprint density at radius 1 is 1.14 bits per heavy atom.